The van der Waals surface area contributed by atoms with Crippen LogP contribution in [0, 0.1) is 0 Å². The third kappa shape index (κ3) is 4.14. The molecule has 1 fully saturated rings. The van der Waals surface area contributed by atoms with E-state index < -0.39 is 17.8 Å². The third-order valence-corrected chi connectivity index (χ3v) is 2.43. The van der Waals surface area contributed by atoms with Gasteiger partial charge in [-0.05, 0) is 33.3 Å². The van der Waals surface area contributed by atoms with Gasteiger partial charge in [0.25, 0.3) is 0 Å². The lowest BCUT2D eigenvalue weighted by atomic mass is 10.1. The summed E-state index contributed by atoms with van der Waals surface area (Å²) < 4.78 is 10.6. The smallest absolute Gasteiger partial charge is 0.410 e. The Hall–Kier alpha value is -1.36. The van der Waals surface area contributed by atoms with Gasteiger partial charge in [-0.15, -0.1) is 0 Å². The molecule has 1 atom stereocenters. The van der Waals surface area contributed by atoms with Gasteiger partial charge >= 0.3 is 6.09 Å². The molecule has 0 radical (unpaired) electrons. The molecule has 1 unspecified atom stereocenters. The summed E-state index contributed by atoms with van der Waals surface area (Å²) in [5.74, 6) is -0.164. The second-order valence-corrected chi connectivity index (χ2v) is 5.43. The van der Waals surface area contributed by atoms with Crippen molar-refractivity contribution in [1.82, 2.24) is 4.90 Å². The van der Waals surface area contributed by atoms with Crippen LogP contribution in [0.25, 0.3) is 0 Å². The molecule has 5 heteroatoms. The lowest BCUT2D eigenvalue weighted by molar-refractivity contribution is -0.131. The summed E-state index contributed by atoms with van der Waals surface area (Å²) in [5, 5.41) is 0. The van der Waals surface area contributed by atoms with Gasteiger partial charge < -0.3 is 14.4 Å². The largest absolute Gasteiger partial charge is 0.444 e. The van der Waals surface area contributed by atoms with E-state index in [1.54, 1.807) is 6.92 Å². The zero-order chi connectivity index (χ0) is 13.9. The Morgan fingerprint density at radius 2 is 2.00 bits per heavy atom. The number of nitrogens with zero attached hydrogens (tertiary/aromatic N) is 1. The van der Waals surface area contributed by atoms with Crippen molar-refractivity contribution in [3.8, 4) is 0 Å². The van der Waals surface area contributed by atoms with Crippen molar-refractivity contribution in [2.75, 3.05) is 19.7 Å². The minimum absolute atomic E-state index is 0.164. The number of carbonyl (C=O) groups is 2. The second kappa shape index (κ2) is 5.52. The van der Waals surface area contributed by atoms with Gasteiger partial charge in [-0.1, -0.05) is 6.58 Å². The Bertz CT molecular complexity index is 356. The van der Waals surface area contributed by atoms with Crippen LogP contribution in [0.1, 0.15) is 27.7 Å². The van der Waals surface area contributed by atoms with E-state index in [0.717, 1.165) is 0 Å². The molecule has 102 valence electrons. The van der Waals surface area contributed by atoms with Crippen molar-refractivity contribution < 1.29 is 19.1 Å². The third-order valence-electron chi connectivity index (χ3n) is 2.43. The van der Waals surface area contributed by atoms with Crippen LogP contribution >= 0.6 is 0 Å². The van der Waals surface area contributed by atoms with Crippen molar-refractivity contribution >= 4 is 11.9 Å². The number of rotatable bonds is 2. The summed E-state index contributed by atoms with van der Waals surface area (Å²) >= 11 is 0. The van der Waals surface area contributed by atoms with Gasteiger partial charge in [-0.2, -0.15) is 0 Å². The highest BCUT2D eigenvalue weighted by molar-refractivity contribution is 5.98. The fourth-order valence-corrected chi connectivity index (χ4v) is 1.58. The van der Waals surface area contributed by atoms with E-state index >= 15 is 0 Å². The molecule has 18 heavy (non-hydrogen) atoms. The predicted octanol–water partition coefficient (Wildman–Crippen LogP) is 1.77. The standard InChI is InChI=1S/C13H21NO4/c1-9(2)11(15)10-8-14(6-7-17-10)12(16)18-13(3,4)5/h10H,1,6-8H2,2-5H3. The molecule has 1 heterocycles. The number of Topliss-reactive ketones (excluding diaryl/α,β-unsaturated/α-hetero) is 1. The van der Waals surface area contributed by atoms with E-state index in [9.17, 15) is 9.59 Å². The van der Waals surface area contributed by atoms with Gasteiger partial charge in [0.1, 0.15) is 11.7 Å². The highest BCUT2D eigenvalue weighted by atomic mass is 16.6. The predicted molar refractivity (Wildman–Crippen MR) is 67.4 cm³/mol. The molecular formula is C13H21NO4. The lowest BCUT2D eigenvalue weighted by Gasteiger charge is -2.33. The van der Waals surface area contributed by atoms with Crippen LogP contribution in [0.2, 0.25) is 0 Å². The van der Waals surface area contributed by atoms with Crippen LogP contribution in [-0.2, 0) is 14.3 Å². The summed E-state index contributed by atoms with van der Waals surface area (Å²) in [4.78, 5) is 25.1. The van der Waals surface area contributed by atoms with Crippen molar-refractivity contribution in [2.45, 2.75) is 39.4 Å². The molecule has 0 aromatic rings. The minimum Gasteiger partial charge on any atom is -0.444 e. The zero-order valence-corrected chi connectivity index (χ0v) is 11.5. The maximum absolute atomic E-state index is 11.9. The van der Waals surface area contributed by atoms with Crippen molar-refractivity contribution in [3.63, 3.8) is 0 Å². The Labute approximate surface area is 108 Å². The molecule has 0 aliphatic carbocycles. The molecule has 0 bridgehead atoms. The molecule has 1 saturated heterocycles. The number of amides is 1. The zero-order valence-electron chi connectivity index (χ0n) is 11.5. The van der Waals surface area contributed by atoms with Gasteiger partial charge in [-0.3, -0.25) is 4.79 Å². The maximum Gasteiger partial charge on any atom is 0.410 e. The number of hydrogen-bond donors (Lipinski definition) is 0. The summed E-state index contributed by atoms with van der Waals surface area (Å²) in [6.45, 7) is 11.7. The van der Waals surface area contributed by atoms with Gasteiger partial charge in [0.2, 0.25) is 0 Å². The van der Waals surface area contributed by atoms with Crippen molar-refractivity contribution in [1.29, 1.82) is 0 Å². The second-order valence-electron chi connectivity index (χ2n) is 5.43. The van der Waals surface area contributed by atoms with Crippen LogP contribution in [0.4, 0.5) is 4.79 Å². The fraction of sp³-hybridized carbons (Fsp3) is 0.692. The number of carbonyl (C=O) groups excluding carboxylic acids is 2. The van der Waals surface area contributed by atoms with Crippen molar-refractivity contribution in [3.05, 3.63) is 12.2 Å². The van der Waals surface area contributed by atoms with Gasteiger partial charge in [0.15, 0.2) is 5.78 Å². The Balaban J connectivity index is 2.61. The van der Waals surface area contributed by atoms with Crippen LogP contribution in [0.3, 0.4) is 0 Å². The van der Waals surface area contributed by atoms with E-state index in [2.05, 4.69) is 6.58 Å². The van der Waals surface area contributed by atoms with E-state index in [1.165, 1.54) is 4.90 Å². The lowest BCUT2D eigenvalue weighted by Crippen LogP contribution is -2.50. The van der Waals surface area contributed by atoms with Crippen LogP contribution in [0.15, 0.2) is 12.2 Å². The van der Waals surface area contributed by atoms with E-state index in [4.69, 9.17) is 9.47 Å². The van der Waals surface area contributed by atoms with E-state index in [-0.39, 0.29) is 12.3 Å². The Morgan fingerprint density at radius 3 is 2.50 bits per heavy atom. The number of ketones is 1. The fourth-order valence-electron chi connectivity index (χ4n) is 1.58. The van der Waals surface area contributed by atoms with Crippen LogP contribution in [-0.4, -0.2) is 48.2 Å². The monoisotopic (exact) mass is 255 g/mol. The van der Waals surface area contributed by atoms with Crippen LogP contribution in [0.5, 0.6) is 0 Å². The first kappa shape index (κ1) is 14.7. The first-order valence-electron chi connectivity index (χ1n) is 6.00. The summed E-state index contributed by atoms with van der Waals surface area (Å²) in [7, 11) is 0. The average molecular weight is 255 g/mol. The molecule has 0 spiro atoms. The highest BCUT2D eigenvalue weighted by Crippen LogP contribution is 2.14. The minimum atomic E-state index is -0.622. The average Bonchev–Trinajstić information content (AvgIpc) is 2.25. The molecule has 1 rings (SSSR count). The number of morpholine rings is 1. The van der Waals surface area contributed by atoms with Gasteiger partial charge in [-0.25, -0.2) is 4.79 Å². The Morgan fingerprint density at radius 1 is 1.39 bits per heavy atom. The summed E-state index contributed by atoms with van der Waals surface area (Å²) in [6, 6.07) is 0. The molecule has 5 nitrogen and oxygen atoms in total. The maximum atomic E-state index is 11.9. The molecular weight excluding hydrogens is 234 g/mol. The van der Waals surface area contributed by atoms with Crippen molar-refractivity contribution in [2.24, 2.45) is 0 Å². The summed E-state index contributed by atoms with van der Waals surface area (Å²) in [5.41, 5.74) is -0.102. The molecule has 0 aromatic carbocycles. The quantitative estimate of drug-likeness (QED) is 0.706. The van der Waals surface area contributed by atoms with E-state index in [0.29, 0.717) is 18.7 Å². The molecule has 1 aliphatic rings. The van der Waals surface area contributed by atoms with Gasteiger partial charge in [0, 0.05) is 6.54 Å². The van der Waals surface area contributed by atoms with Crippen LogP contribution < -0.4 is 0 Å². The summed E-state index contributed by atoms with van der Waals surface area (Å²) in [6.07, 6.45) is -1.03. The van der Waals surface area contributed by atoms with E-state index in [1.807, 2.05) is 20.8 Å². The highest BCUT2D eigenvalue weighted by Gasteiger charge is 2.31. The SMILES string of the molecule is C=C(C)C(=O)C1CN(C(=O)OC(C)(C)C)CCO1. The first-order chi connectivity index (χ1) is 8.20. The number of hydrogen-bond acceptors (Lipinski definition) is 4. The molecule has 0 saturated carbocycles. The normalized spacial score (nSPS) is 20.4. The number of ether oxygens (including phenoxy) is 2. The molecule has 0 N–H and O–H groups in total. The molecule has 1 aliphatic heterocycles. The van der Waals surface area contributed by atoms with Gasteiger partial charge in [0.05, 0.1) is 13.2 Å². The molecule has 1 amide bonds. The Kier molecular flexibility index (Phi) is 4.51. The first-order valence-corrected chi connectivity index (χ1v) is 6.00. The topological polar surface area (TPSA) is 55.8 Å². The molecule has 0 aromatic heterocycles.